The van der Waals surface area contributed by atoms with E-state index in [2.05, 4.69) is 5.32 Å². The summed E-state index contributed by atoms with van der Waals surface area (Å²) in [7, 11) is 1.90. The van der Waals surface area contributed by atoms with Crippen LogP contribution in [0.5, 0.6) is 0 Å². The number of hydrogen-bond donors (Lipinski definition) is 2. The fourth-order valence-corrected chi connectivity index (χ4v) is 2.38. The topological polar surface area (TPSA) is 41.5 Å². The molecular weight excluding hydrogens is 202 g/mol. The van der Waals surface area contributed by atoms with Gasteiger partial charge in [0.15, 0.2) is 0 Å². The van der Waals surface area contributed by atoms with E-state index in [9.17, 15) is 5.11 Å². The van der Waals surface area contributed by atoms with Crippen molar-refractivity contribution in [2.75, 3.05) is 26.8 Å². The number of ether oxygens (including phenoxy) is 1. The lowest BCUT2D eigenvalue weighted by Crippen LogP contribution is -2.46. The van der Waals surface area contributed by atoms with Crippen LogP contribution in [0.4, 0.5) is 0 Å². The van der Waals surface area contributed by atoms with Gasteiger partial charge in [-0.15, -0.1) is 0 Å². The fourth-order valence-electron chi connectivity index (χ4n) is 2.38. The molecule has 1 aromatic rings. The van der Waals surface area contributed by atoms with Crippen molar-refractivity contribution in [3.8, 4) is 0 Å². The van der Waals surface area contributed by atoms with Crippen molar-refractivity contribution >= 4 is 0 Å². The molecule has 1 aliphatic rings. The zero-order chi connectivity index (χ0) is 11.4. The van der Waals surface area contributed by atoms with Gasteiger partial charge in [0.2, 0.25) is 0 Å². The van der Waals surface area contributed by atoms with Crippen LogP contribution in [0.15, 0.2) is 30.3 Å². The van der Waals surface area contributed by atoms with E-state index in [0.717, 1.165) is 12.1 Å². The van der Waals surface area contributed by atoms with Crippen molar-refractivity contribution in [1.82, 2.24) is 5.32 Å². The molecule has 2 N–H and O–H groups in total. The first-order valence-electron chi connectivity index (χ1n) is 5.77. The highest BCUT2D eigenvalue weighted by atomic mass is 16.5. The molecule has 3 heteroatoms. The van der Waals surface area contributed by atoms with Crippen LogP contribution in [0.25, 0.3) is 0 Å². The Morgan fingerprint density at radius 2 is 2.19 bits per heavy atom. The first-order valence-corrected chi connectivity index (χ1v) is 5.77. The van der Waals surface area contributed by atoms with Crippen LogP contribution in [-0.4, -0.2) is 31.9 Å². The second-order valence-corrected chi connectivity index (χ2v) is 4.37. The van der Waals surface area contributed by atoms with Gasteiger partial charge in [0, 0.05) is 25.5 Å². The molecule has 1 aliphatic heterocycles. The molecule has 0 amide bonds. The fraction of sp³-hybridized carbons (Fsp3) is 0.538. The monoisotopic (exact) mass is 221 g/mol. The Morgan fingerprint density at radius 1 is 1.44 bits per heavy atom. The van der Waals surface area contributed by atoms with Crippen LogP contribution in [0, 0.1) is 5.92 Å². The largest absolute Gasteiger partial charge is 0.385 e. The third-order valence-corrected chi connectivity index (χ3v) is 3.35. The SMILES string of the molecule is CNCC1COCCC1(O)c1ccccc1. The van der Waals surface area contributed by atoms with E-state index in [4.69, 9.17) is 4.74 Å². The van der Waals surface area contributed by atoms with E-state index < -0.39 is 5.60 Å². The first kappa shape index (κ1) is 11.6. The van der Waals surface area contributed by atoms with E-state index >= 15 is 0 Å². The Balaban J connectivity index is 2.26. The van der Waals surface area contributed by atoms with Crippen molar-refractivity contribution in [1.29, 1.82) is 0 Å². The highest BCUT2D eigenvalue weighted by molar-refractivity contribution is 5.24. The zero-order valence-electron chi connectivity index (χ0n) is 9.65. The van der Waals surface area contributed by atoms with Crippen LogP contribution < -0.4 is 5.32 Å². The highest BCUT2D eigenvalue weighted by Crippen LogP contribution is 2.36. The third kappa shape index (κ3) is 2.12. The highest BCUT2D eigenvalue weighted by Gasteiger charge is 2.40. The number of hydrogen-bond acceptors (Lipinski definition) is 3. The summed E-state index contributed by atoms with van der Waals surface area (Å²) in [6, 6.07) is 9.90. The number of benzene rings is 1. The van der Waals surface area contributed by atoms with E-state index in [1.54, 1.807) is 0 Å². The average Bonchev–Trinajstić information content (AvgIpc) is 2.34. The maximum atomic E-state index is 10.8. The number of aliphatic hydroxyl groups is 1. The molecule has 16 heavy (non-hydrogen) atoms. The Kier molecular flexibility index (Phi) is 3.59. The molecule has 0 saturated carbocycles. The molecule has 2 rings (SSSR count). The summed E-state index contributed by atoms with van der Waals surface area (Å²) in [6.45, 7) is 2.02. The summed E-state index contributed by atoms with van der Waals surface area (Å²) in [5.41, 5.74) is 0.251. The van der Waals surface area contributed by atoms with Gasteiger partial charge in [-0.1, -0.05) is 30.3 Å². The minimum absolute atomic E-state index is 0.119. The average molecular weight is 221 g/mol. The van der Waals surface area contributed by atoms with Crippen LogP contribution in [0.2, 0.25) is 0 Å². The molecule has 3 nitrogen and oxygen atoms in total. The molecule has 0 spiro atoms. The maximum absolute atomic E-state index is 10.8. The van der Waals surface area contributed by atoms with Crippen molar-refractivity contribution in [3.63, 3.8) is 0 Å². The van der Waals surface area contributed by atoms with E-state index in [1.807, 2.05) is 37.4 Å². The quantitative estimate of drug-likeness (QED) is 0.804. The van der Waals surface area contributed by atoms with Gasteiger partial charge in [0.25, 0.3) is 0 Å². The normalized spacial score (nSPS) is 30.2. The maximum Gasteiger partial charge on any atom is 0.0980 e. The Bertz CT molecular complexity index is 326. The van der Waals surface area contributed by atoms with Gasteiger partial charge in [-0.25, -0.2) is 0 Å². The minimum Gasteiger partial charge on any atom is -0.385 e. The van der Waals surface area contributed by atoms with E-state index in [0.29, 0.717) is 19.6 Å². The Labute approximate surface area is 96.4 Å². The molecule has 1 aromatic carbocycles. The van der Waals surface area contributed by atoms with Crippen LogP contribution in [0.3, 0.4) is 0 Å². The van der Waals surface area contributed by atoms with Crippen molar-refractivity contribution in [2.24, 2.45) is 5.92 Å². The summed E-state index contributed by atoms with van der Waals surface area (Å²) < 4.78 is 5.45. The summed E-state index contributed by atoms with van der Waals surface area (Å²) in [4.78, 5) is 0. The van der Waals surface area contributed by atoms with Gasteiger partial charge in [0.1, 0.15) is 0 Å². The molecule has 88 valence electrons. The molecule has 1 heterocycles. The summed E-state index contributed by atoms with van der Waals surface area (Å²) in [6.07, 6.45) is 0.670. The van der Waals surface area contributed by atoms with Crippen molar-refractivity contribution < 1.29 is 9.84 Å². The van der Waals surface area contributed by atoms with Crippen LogP contribution in [-0.2, 0) is 10.3 Å². The predicted octanol–water partition coefficient (Wildman–Crippen LogP) is 1.13. The molecule has 0 aromatic heterocycles. The number of rotatable bonds is 3. The van der Waals surface area contributed by atoms with Crippen LogP contribution in [0.1, 0.15) is 12.0 Å². The van der Waals surface area contributed by atoms with E-state index in [1.165, 1.54) is 0 Å². The summed E-state index contributed by atoms with van der Waals surface area (Å²) in [5.74, 6) is 0.119. The lowest BCUT2D eigenvalue weighted by molar-refractivity contribution is -0.116. The molecule has 2 atom stereocenters. The van der Waals surface area contributed by atoms with Crippen molar-refractivity contribution in [3.05, 3.63) is 35.9 Å². The van der Waals surface area contributed by atoms with Gasteiger partial charge in [-0.3, -0.25) is 0 Å². The lowest BCUT2D eigenvalue weighted by atomic mass is 9.78. The van der Waals surface area contributed by atoms with Gasteiger partial charge >= 0.3 is 0 Å². The lowest BCUT2D eigenvalue weighted by Gasteiger charge is -2.40. The van der Waals surface area contributed by atoms with Gasteiger partial charge in [0.05, 0.1) is 12.2 Å². The first-order chi connectivity index (χ1) is 7.77. The molecule has 0 radical (unpaired) electrons. The van der Waals surface area contributed by atoms with Crippen molar-refractivity contribution in [2.45, 2.75) is 12.0 Å². The molecule has 0 aliphatic carbocycles. The molecule has 1 fully saturated rings. The van der Waals surface area contributed by atoms with Gasteiger partial charge in [-0.2, -0.15) is 0 Å². The Hall–Kier alpha value is -0.900. The second-order valence-electron chi connectivity index (χ2n) is 4.37. The molecule has 1 saturated heterocycles. The smallest absolute Gasteiger partial charge is 0.0980 e. The second kappa shape index (κ2) is 4.95. The summed E-state index contributed by atoms with van der Waals surface area (Å²) in [5, 5.41) is 13.9. The Morgan fingerprint density at radius 3 is 2.88 bits per heavy atom. The molecule has 0 bridgehead atoms. The molecular formula is C13H19NO2. The van der Waals surface area contributed by atoms with Gasteiger partial charge < -0.3 is 15.2 Å². The standard InChI is InChI=1S/C13H19NO2/c1-14-9-12-10-16-8-7-13(12,15)11-5-3-2-4-6-11/h2-6,12,14-15H,7-10H2,1H3. The number of nitrogens with one attached hydrogen (secondary N) is 1. The summed E-state index contributed by atoms with van der Waals surface area (Å²) >= 11 is 0. The van der Waals surface area contributed by atoms with Crippen LogP contribution >= 0.6 is 0 Å². The predicted molar refractivity (Wildman–Crippen MR) is 63.2 cm³/mol. The minimum atomic E-state index is -0.748. The third-order valence-electron chi connectivity index (χ3n) is 3.35. The molecule has 2 unspecified atom stereocenters. The zero-order valence-corrected chi connectivity index (χ0v) is 9.65. The van der Waals surface area contributed by atoms with E-state index in [-0.39, 0.29) is 5.92 Å². The van der Waals surface area contributed by atoms with Gasteiger partial charge in [-0.05, 0) is 12.6 Å².